The summed E-state index contributed by atoms with van der Waals surface area (Å²) < 4.78 is 3.13. The summed E-state index contributed by atoms with van der Waals surface area (Å²) in [5.74, 6) is 0.407. The van der Waals surface area contributed by atoms with Gasteiger partial charge in [0.2, 0.25) is 0 Å². The average Bonchev–Trinajstić information content (AvgIpc) is 3.28. The third-order valence-corrected chi connectivity index (χ3v) is 7.99. The Kier molecular flexibility index (Phi) is 4.67. The highest BCUT2D eigenvalue weighted by atomic mass is 32.1. The summed E-state index contributed by atoms with van der Waals surface area (Å²) in [5.41, 5.74) is 3.00. The van der Waals surface area contributed by atoms with Crippen LogP contribution in [-0.2, 0) is 6.54 Å². The predicted octanol–water partition coefficient (Wildman–Crippen LogP) is 4.86. The summed E-state index contributed by atoms with van der Waals surface area (Å²) in [6.45, 7) is 1.89. The number of piperidine rings is 1. The van der Waals surface area contributed by atoms with Crippen molar-refractivity contribution in [3.05, 3.63) is 93.9 Å². The number of nitriles is 1. The molecule has 0 N–H and O–H groups in total. The largest absolute Gasteiger partial charge is 0.338 e. The lowest BCUT2D eigenvalue weighted by atomic mass is 9.82. The molecule has 5 nitrogen and oxygen atoms in total. The van der Waals surface area contributed by atoms with Gasteiger partial charge in [0, 0.05) is 46.4 Å². The fraction of sp³-hybridized carbons (Fsp3) is 0.222. The summed E-state index contributed by atoms with van der Waals surface area (Å²) in [5, 5.41) is 10.2. The molecule has 0 aliphatic carbocycles. The van der Waals surface area contributed by atoms with Crippen LogP contribution in [0, 0.1) is 17.2 Å². The van der Waals surface area contributed by atoms with Gasteiger partial charge < -0.3 is 9.47 Å². The Labute approximate surface area is 195 Å². The van der Waals surface area contributed by atoms with Gasteiger partial charge in [0.05, 0.1) is 17.2 Å². The van der Waals surface area contributed by atoms with Crippen molar-refractivity contribution >= 4 is 27.3 Å². The van der Waals surface area contributed by atoms with E-state index in [4.69, 9.17) is 5.26 Å². The number of hydrogen-bond acceptors (Lipinski definition) is 4. The number of benzene rings is 2. The van der Waals surface area contributed by atoms with Crippen LogP contribution >= 0.6 is 11.3 Å². The van der Waals surface area contributed by atoms with Gasteiger partial charge >= 0.3 is 0 Å². The summed E-state index contributed by atoms with van der Waals surface area (Å²) in [6, 6.07) is 23.2. The quantitative estimate of drug-likeness (QED) is 0.437. The van der Waals surface area contributed by atoms with E-state index in [1.165, 1.54) is 4.70 Å². The molecule has 2 aliphatic heterocycles. The highest BCUT2D eigenvalue weighted by Gasteiger charge is 2.37. The van der Waals surface area contributed by atoms with Crippen LogP contribution in [0.1, 0.15) is 34.0 Å². The van der Waals surface area contributed by atoms with Gasteiger partial charge in [-0.15, -0.1) is 11.3 Å². The van der Waals surface area contributed by atoms with Crippen LogP contribution in [-0.4, -0.2) is 28.5 Å². The van der Waals surface area contributed by atoms with E-state index in [9.17, 15) is 9.59 Å². The van der Waals surface area contributed by atoms with Gasteiger partial charge in [-0.1, -0.05) is 18.2 Å². The van der Waals surface area contributed by atoms with E-state index in [1.807, 2.05) is 27.7 Å². The van der Waals surface area contributed by atoms with Crippen LogP contribution < -0.4 is 5.56 Å². The Balaban J connectivity index is 1.31. The van der Waals surface area contributed by atoms with Crippen LogP contribution in [0.3, 0.4) is 0 Å². The van der Waals surface area contributed by atoms with Crippen molar-refractivity contribution in [2.24, 2.45) is 5.92 Å². The number of carbonyl (C=O) groups excluding carboxylic acids is 1. The van der Waals surface area contributed by atoms with E-state index in [1.54, 1.807) is 35.6 Å². The number of nitrogens with zero attached hydrogens (tertiary/aromatic N) is 3. The van der Waals surface area contributed by atoms with E-state index in [-0.39, 0.29) is 23.3 Å². The molecule has 0 radical (unpaired) electrons. The Hall–Kier alpha value is -3.69. The molecule has 6 rings (SSSR count). The predicted molar refractivity (Wildman–Crippen MR) is 129 cm³/mol. The molecule has 2 aromatic heterocycles. The maximum atomic E-state index is 13.5. The third kappa shape index (κ3) is 3.37. The minimum Gasteiger partial charge on any atom is -0.338 e. The number of fused-ring (bicyclic) bond motifs is 5. The third-order valence-electron chi connectivity index (χ3n) is 6.84. The first kappa shape index (κ1) is 20.0. The number of thiophene rings is 1. The summed E-state index contributed by atoms with van der Waals surface area (Å²) in [6.07, 6.45) is 0.999. The molecular formula is C27H21N3O2S. The number of amides is 1. The monoisotopic (exact) mass is 451 g/mol. The molecule has 1 saturated heterocycles. The number of carbonyl (C=O) groups is 1. The molecule has 0 unspecified atom stereocenters. The van der Waals surface area contributed by atoms with Crippen molar-refractivity contribution in [1.29, 1.82) is 5.26 Å². The van der Waals surface area contributed by atoms with E-state index >= 15 is 0 Å². The van der Waals surface area contributed by atoms with Crippen LogP contribution in [0.4, 0.5) is 0 Å². The molecule has 0 spiro atoms. The smallest absolute Gasteiger partial charge is 0.259 e. The Morgan fingerprint density at radius 3 is 2.61 bits per heavy atom. The van der Waals surface area contributed by atoms with Gasteiger partial charge in [-0.3, -0.25) is 9.59 Å². The first-order chi connectivity index (χ1) is 16.1. The zero-order chi connectivity index (χ0) is 22.5. The molecule has 2 atom stereocenters. The summed E-state index contributed by atoms with van der Waals surface area (Å²) in [7, 11) is 0. The zero-order valence-electron chi connectivity index (χ0n) is 17.9. The second kappa shape index (κ2) is 7.72. The fourth-order valence-electron chi connectivity index (χ4n) is 5.28. The van der Waals surface area contributed by atoms with E-state index < -0.39 is 0 Å². The topological polar surface area (TPSA) is 66.1 Å². The minimum absolute atomic E-state index is 0.00752. The number of pyridine rings is 1. The van der Waals surface area contributed by atoms with Crippen LogP contribution in [0.5, 0.6) is 0 Å². The molecule has 2 aliphatic rings. The molecule has 162 valence electrons. The lowest BCUT2D eigenvalue weighted by Gasteiger charge is -2.43. The van der Waals surface area contributed by atoms with Crippen LogP contribution in [0.25, 0.3) is 20.5 Å². The molecule has 33 heavy (non-hydrogen) atoms. The van der Waals surface area contributed by atoms with Crippen LogP contribution in [0.2, 0.25) is 0 Å². The molecule has 2 aromatic carbocycles. The molecule has 1 fully saturated rings. The molecule has 4 aromatic rings. The molecule has 2 bridgehead atoms. The minimum atomic E-state index is -0.00752. The lowest BCUT2D eigenvalue weighted by Crippen LogP contribution is -2.49. The van der Waals surface area contributed by atoms with Gasteiger partial charge in [0.25, 0.3) is 11.5 Å². The number of likely N-dealkylation sites (tertiary alicyclic amines) is 1. The number of hydrogen-bond donors (Lipinski definition) is 0. The second-order valence-corrected chi connectivity index (χ2v) is 10.0. The second-order valence-electron chi connectivity index (χ2n) is 8.93. The fourth-order valence-corrected chi connectivity index (χ4v) is 6.36. The standard InChI is InChI=1S/C27H21N3O2S/c28-13-17-5-7-19(8-6-17)26(31)29-14-18-11-21(16-29)23-10-9-22(27(32)30(23)15-18)25-12-20-3-1-2-4-24(20)33-25/h1-10,12,18,21H,11,14-16H2/t18-,21+/m0/s1. The molecule has 0 saturated carbocycles. The Morgan fingerprint density at radius 1 is 1.00 bits per heavy atom. The van der Waals surface area contributed by atoms with Gasteiger partial charge in [0.15, 0.2) is 0 Å². The van der Waals surface area contributed by atoms with Crippen LogP contribution in [0.15, 0.2) is 71.5 Å². The average molecular weight is 452 g/mol. The van der Waals surface area contributed by atoms with Gasteiger partial charge in [-0.05, 0) is 66.3 Å². The van der Waals surface area contributed by atoms with E-state index in [0.717, 1.165) is 27.9 Å². The molecule has 4 heterocycles. The maximum Gasteiger partial charge on any atom is 0.259 e. The molecule has 6 heteroatoms. The SMILES string of the molecule is N#Cc1ccc(C(=O)N2C[C@@H]3C[C@H](C2)c2ccc(-c4cc5ccccc5s4)c(=O)n2C3)cc1. The van der Waals surface area contributed by atoms with Crippen molar-refractivity contribution in [2.75, 3.05) is 13.1 Å². The number of rotatable bonds is 2. The lowest BCUT2D eigenvalue weighted by molar-refractivity contribution is 0.0594. The van der Waals surface area contributed by atoms with Gasteiger partial charge in [-0.25, -0.2) is 0 Å². The molecule has 1 amide bonds. The normalized spacial score (nSPS) is 19.2. The van der Waals surface area contributed by atoms with Crippen molar-refractivity contribution in [1.82, 2.24) is 9.47 Å². The zero-order valence-corrected chi connectivity index (χ0v) is 18.7. The van der Waals surface area contributed by atoms with Crippen molar-refractivity contribution in [3.63, 3.8) is 0 Å². The first-order valence-corrected chi connectivity index (χ1v) is 11.9. The Morgan fingerprint density at radius 2 is 1.82 bits per heavy atom. The van der Waals surface area contributed by atoms with Gasteiger partial charge in [-0.2, -0.15) is 5.26 Å². The van der Waals surface area contributed by atoms with Crippen molar-refractivity contribution in [2.45, 2.75) is 18.9 Å². The first-order valence-electron chi connectivity index (χ1n) is 11.1. The highest BCUT2D eigenvalue weighted by molar-refractivity contribution is 7.22. The Bertz CT molecular complexity index is 1460. The van der Waals surface area contributed by atoms with Crippen molar-refractivity contribution in [3.8, 4) is 16.5 Å². The van der Waals surface area contributed by atoms with Crippen molar-refractivity contribution < 1.29 is 4.79 Å². The summed E-state index contributed by atoms with van der Waals surface area (Å²) >= 11 is 1.65. The van der Waals surface area contributed by atoms with E-state index in [2.05, 4.69) is 30.3 Å². The highest BCUT2D eigenvalue weighted by Crippen LogP contribution is 2.37. The summed E-state index contributed by atoms with van der Waals surface area (Å²) in [4.78, 5) is 29.5. The van der Waals surface area contributed by atoms with Gasteiger partial charge in [0.1, 0.15) is 0 Å². The maximum absolute atomic E-state index is 13.5. The van der Waals surface area contributed by atoms with E-state index in [0.29, 0.717) is 30.8 Å². The number of aromatic nitrogens is 1. The molecular weight excluding hydrogens is 430 g/mol.